The SMILES string of the molecule is N#CC[C@]1(n2cccn2)C[C@@H](C#N)C1. The van der Waals surface area contributed by atoms with Gasteiger partial charge in [0.2, 0.25) is 0 Å². The van der Waals surface area contributed by atoms with E-state index in [1.54, 1.807) is 6.20 Å². The van der Waals surface area contributed by atoms with Gasteiger partial charge in [-0.15, -0.1) is 0 Å². The molecule has 0 atom stereocenters. The van der Waals surface area contributed by atoms with Crippen LogP contribution in [0.3, 0.4) is 0 Å². The molecule has 70 valence electrons. The van der Waals surface area contributed by atoms with Crippen LogP contribution in [0.1, 0.15) is 19.3 Å². The molecule has 0 saturated heterocycles. The summed E-state index contributed by atoms with van der Waals surface area (Å²) in [6.45, 7) is 0. The number of nitriles is 2. The molecule has 4 nitrogen and oxygen atoms in total. The van der Waals surface area contributed by atoms with Crippen LogP contribution in [0.2, 0.25) is 0 Å². The number of nitrogens with zero attached hydrogens (tertiary/aromatic N) is 4. The number of rotatable bonds is 2. The van der Waals surface area contributed by atoms with Gasteiger partial charge in [0, 0.05) is 12.4 Å². The highest BCUT2D eigenvalue weighted by Gasteiger charge is 2.46. The molecule has 0 amide bonds. The standard InChI is InChI=1S/C10H10N4/c11-3-2-10(6-9(7-10)8-12)14-5-1-4-13-14/h1,4-5,9H,2,6-7H2/t9-,10+. The largest absolute Gasteiger partial charge is 0.266 e. The number of aromatic nitrogens is 2. The van der Waals surface area contributed by atoms with Crippen LogP contribution in [0.25, 0.3) is 0 Å². The Morgan fingerprint density at radius 3 is 2.79 bits per heavy atom. The molecule has 0 aliphatic heterocycles. The maximum atomic E-state index is 8.75. The van der Waals surface area contributed by atoms with Gasteiger partial charge in [-0.05, 0) is 18.9 Å². The molecule has 1 aliphatic carbocycles. The first-order valence-corrected chi connectivity index (χ1v) is 4.57. The fourth-order valence-electron chi connectivity index (χ4n) is 2.06. The molecule has 1 aliphatic rings. The zero-order valence-electron chi connectivity index (χ0n) is 7.72. The van der Waals surface area contributed by atoms with Crippen molar-refractivity contribution in [1.82, 2.24) is 9.78 Å². The van der Waals surface area contributed by atoms with Gasteiger partial charge in [0.05, 0.1) is 30.0 Å². The second-order valence-electron chi connectivity index (χ2n) is 3.74. The van der Waals surface area contributed by atoms with Crippen molar-refractivity contribution >= 4 is 0 Å². The summed E-state index contributed by atoms with van der Waals surface area (Å²) < 4.78 is 1.82. The molecule has 0 unspecified atom stereocenters. The second-order valence-corrected chi connectivity index (χ2v) is 3.74. The Bertz CT molecular complexity index is 387. The molecule has 0 aromatic carbocycles. The van der Waals surface area contributed by atoms with Crippen LogP contribution in [0.5, 0.6) is 0 Å². The summed E-state index contributed by atoms with van der Waals surface area (Å²) in [6, 6.07) is 6.25. The highest BCUT2D eigenvalue weighted by atomic mass is 15.3. The van der Waals surface area contributed by atoms with E-state index in [0.717, 1.165) is 12.8 Å². The fourth-order valence-corrected chi connectivity index (χ4v) is 2.06. The lowest BCUT2D eigenvalue weighted by Crippen LogP contribution is -2.46. The van der Waals surface area contributed by atoms with E-state index in [1.807, 2.05) is 16.9 Å². The third kappa shape index (κ3) is 1.16. The van der Waals surface area contributed by atoms with E-state index >= 15 is 0 Å². The molecule has 0 spiro atoms. The molecule has 1 fully saturated rings. The van der Waals surface area contributed by atoms with Crippen molar-refractivity contribution in [2.24, 2.45) is 5.92 Å². The van der Waals surface area contributed by atoms with E-state index in [2.05, 4.69) is 17.2 Å². The summed E-state index contributed by atoms with van der Waals surface area (Å²) in [4.78, 5) is 0. The molecule has 4 heteroatoms. The average Bonchev–Trinajstić information content (AvgIpc) is 2.63. The van der Waals surface area contributed by atoms with Gasteiger partial charge in [-0.3, -0.25) is 4.68 Å². The van der Waals surface area contributed by atoms with Gasteiger partial charge in [-0.2, -0.15) is 15.6 Å². The smallest absolute Gasteiger partial charge is 0.0781 e. The van der Waals surface area contributed by atoms with Gasteiger partial charge in [0.1, 0.15) is 0 Å². The van der Waals surface area contributed by atoms with Crippen LogP contribution in [0.15, 0.2) is 18.5 Å². The lowest BCUT2D eigenvalue weighted by Gasteiger charge is -2.43. The number of hydrogen-bond acceptors (Lipinski definition) is 3. The first-order chi connectivity index (χ1) is 6.80. The normalized spacial score (nSPS) is 30.0. The highest BCUT2D eigenvalue weighted by Crippen LogP contribution is 2.45. The van der Waals surface area contributed by atoms with Crippen molar-refractivity contribution in [3.8, 4) is 12.1 Å². The minimum absolute atomic E-state index is 0.0903. The summed E-state index contributed by atoms with van der Waals surface area (Å²) in [5, 5.41) is 21.6. The fraction of sp³-hybridized carbons (Fsp3) is 0.500. The molecule has 1 aromatic rings. The summed E-state index contributed by atoms with van der Waals surface area (Å²) in [5.74, 6) is 0.0903. The van der Waals surface area contributed by atoms with Gasteiger partial charge < -0.3 is 0 Å². The molecular weight excluding hydrogens is 176 g/mol. The zero-order valence-corrected chi connectivity index (χ0v) is 7.72. The van der Waals surface area contributed by atoms with Gasteiger partial charge in [0.25, 0.3) is 0 Å². The van der Waals surface area contributed by atoms with Crippen LogP contribution in [-0.2, 0) is 5.54 Å². The van der Waals surface area contributed by atoms with Crippen LogP contribution in [-0.4, -0.2) is 9.78 Å². The van der Waals surface area contributed by atoms with E-state index in [4.69, 9.17) is 10.5 Å². The number of hydrogen-bond donors (Lipinski definition) is 0. The average molecular weight is 186 g/mol. The van der Waals surface area contributed by atoms with Gasteiger partial charge in [-0.1, -0.05) is 0 Å². The van der Waals surface area contributed by atoms with Crippen molar-refractivity contribution < 1.29 is 0 Å². The second kappa shape index (κ2) is 3.16. The van der Waals surface area contributed by atoms with Crippen LogP contribution in [0.4, 0.5) is 0 Å². The monoisotopic (exact) mass is 186 g/mol. The molecule has 1 heterocycles. The molecule has 14 heavy (non-hydrogen) atoms. The summed E-state index contributed by atoms with van der Waals surface area (Å²) in [5.41, 5.74) is -0.210. The molecule has 2 rings (SSSR count). The maximum Gasteiger partial charge on any atom is 0.0781 e. The van der Waals surface area contributed by atoms with Crippen molar-refractivity contribution in [2.75, 3.05) is 0 Å². The topological polar surface area (TPSA) is 65.4 Å². The Hall–Kier alpha value is -1.81. The molecule has 1 aromatic heterocycles. The maximum absolute atomic E-state index is 8.75. The third-order valence-corrected chi connectivity index (χ3v) is 2.83. The lowest BCUT2D eigenvalue weighted by atomic mass is 9.67. The van der Waals surface area contributed by atoms with Crippen LogP contribution >= 0.6 is 0 Å². The minimum atomic E-state index is -0.210. The quantitative estimate of drug-likeness (QED) is 0.701. The summed E-state index contributed by atoms with van der Waals surface area (Å²) in [7, 11) is 0. The van der Waals surface area contributed by atoms with E-state index in [9.17, 15) is 0 Å². The Morgan fingerprint density at radius 1 is 1.50 bits per heavy atom. The third-order valence-electron chi connectivity index (χ3n) is 2.83. The Morgan fingerprint density at radius 2 is 2.29 bits per heavy atom. The Balaban J connectivity index is 2.20. The molecule has 1 saturated carbocycles. The molecule has 0 radical (unpaired) electrons. The predicted molar refractivity (Wildman–Crippen MR) is 48.8 cm³/mol. The van der Waals surface area contributed by atoms with Crippen molar-refractivity contribution in [3.05, 3.63) is 18.5 Å². The predicted octanol–water partition coefficient (Wildman–Crippen LogP) is 1.43. The van der Waals surface area contributed by atoms with Crippen LogP contribution < -0.4 is 0 Å². The van der Waals surface area contributed by atoms with E-state index in [0.29, 0.717) is 6.42 Å². The summed E-state index contributed by atoms with van der Waals surface area (Å²) >= 11 is 0. The van der Waals surface area contributed by atoms with Crippen LogP contribution in [0, 0.1) is 28.6 Å². The van der Waals surface area contributed by atoms with Gasteiger partial charge in [-0.25, -0.2) is 0 Å². The molecule has 0 bridgehead atoms. The van der Waals surface area contributed by atoms with Gasteiger partial charge >= 0.3 is 0 Å². The van der Waals surface area contributed by atoms with Crippen molar-refractivity contribution in [2.45, 2.75) is 24.8 Å². The van der Waals surface area contributed by atoms with E-state index in [-0.39, 0.29) is 11.5 Å². The first-order valence-electron chi connectivity index (χ1n) is 4.57. The van der Waals surface area contributed by atoms with Crippen molar-refractivity contribution in [1.29, 1.82) is 10.5 Å². The summed E-state index contributed by atoms with van der Waals surface area (Å²) in [6.07, 6.45) is 5.51. The Labute approximate surface area is 82.4 Å². The van der Waals surface area contributed by atoms with E-state index < -0.39 is 0 Å². The molecule has 0 N–H and O–H groups in total. The van der Waals surface area contributed by atoms with E-state index in [1.165, 1.54) is 0 Å². The van der Waals surface area contributed by atoms with Gasteiger partial charge in [0.15, 0.2) is 0 Å². The van der Waals surface area contributed by atoms with Crippen molar-refractivity contribution in [3.63, 3.8) is 0 Å². The highest BCUT2D eigenvalue weighted by molar-refractivity contribution is 5.09. The zero-order chi connectivity index (χ0) is 10.0. The molecular formula is C10H10N4. The Kier molecular flexibility index (Phi) is 1.98. The lowest BCUT2D eigenvalue weighted by molar-refractivity contribution is 0.0881. The minimum Gasteiger partial charge on any atom is -0.266 e. The first kappa shape index (κ1) is 8.77.